The molecule has 0 unspecified atom stereocenters. The number of nitrogen functional groups attached to an aromatic ring is 1. The third kappa shape index (κ3) is 4.99. The lowest BCUT2D eigenvalue weighted by molar-refractivity contribution is -0.135. The number of rotatable bonds is 7. The Morgan fingerprint density at radius 3 is 2.53 bits per heavy atom. The number of anilines is 1. The molecule has 0 spiro atoms. The van der Waals surface area contributed by atoms with Gasteiger partial charge in [0.1, 0.15) is 0 Å². The molecule has 19 heavy (non-hydrogen) atoms. The fourth-order valence-electron chi connectivity index (χ4n) is 1.79. The van der Waals surface area contributed by atoms with Crippen LogP contribution in [0.5, 0.6) is 0 Å². The van der Waals surface area contributed by atoms with Crippen LogP contribution in [0.1, 0.15) is 31.7 Å². The van der Waals surface area contributed by atoms with E-state index in [1.54, 1.807) is 6.07 Å². The van der Waals surface area contributed by atoms with Crippen LogP contribution < -0.4 is 11.5 Å². The third-order valence-electron chi connectivity index (χ3n) is 2.86. The van der Waals surface area contributed by atoms with E-state index in [4.69, 9.17) is 11.5 Å². The minimum atomic E-state index is -0.514. The van der Waals surface area contributed by atoms with Gasteiger partial charge in [0.2, 0.25) is 11.8 Å². The minimum absolute atomic E-state index is 0.0658. The number of para-hydroxylation sites is 1. The molecule has 0 bridgehead atoms. The van der Waals surface area contributed by atoms with Crippen molar-refractivity contribution in [3.8, 4) is 0 Å². The summed E-state index contributed by atoms with van der Waals surface area (Å²) < 4.78 is 0. The van der Waals surface area contributed by atoms with Crippen LogP contribution in [-0.4, -0.2) is 23.3 Å². The quantitative estimate of drug-likeness (QED) is 0.726. The van der Waals surface area contributed by atoms with Gasteiger partial charge in [-0.15, -0.1) is 0 Å². The summed E-state index contributed by atoms with van der Waals surface area (Å²) in [6.45, 7) is 2.26. The van der Waals surface area contributed by atoms with Crippen LogP contribution in [0.2, 0.25) is 0 Å². The molecule has 0 heterocycles. The molecule has 2 amide bonds. The Morgan fingerprint density at radius 1 is 1.26 bits per heavy atom. The van der Waals surface area contributed by atoms with Gasteiger partial charge in [0.15, 0.2) is 0 Å². The third-order valence-corrected chi connectivity index (χ3v) is 2.86. The van der Waals surface area contributed by atoms with Crippen molar-refractivity contribution in [2.45, 2.75) is 32.7 Å². The number of amides is 2. The first-order chi connectivity index (χ1) is 9.04. The molecular formula is C14H21N3O2. The number of benzene rings is 1. The highest BCUT2D eigenvalue weighted by Crippen LogP contribution is 2.14. The smallest absolute Gasteiger partial charge is 0.237 e. The first-order valence-corrected chi connectivity index (χ1v) is 6.44. The second kappa shape index (κ2) is 7.41. The zero-order valence-electron chi connectivity index (χ0n) is 11.3. The van der Waals surface area contributed by atoms with Gasteiger partial charge in [0.25, 0.3) is 0 Å². The fourth-order valence-corrected chi connectivity index (χ4v) is 1.79. The Balaban J connectivity index is 2.77. The van der Waals surface area contributed by atoms with Crippen molar-refractivity contribution in [1.29, 1.82) is 0 Å². The van der Waals surface area contributed by atoms with E-state index in [2.05, 4.69) is 0 Å². The van der Waals surface area contributed by atoms with E-state index < -0.39 is 5.91 Å². The number of nitrogens with two attached hydrogens (primary N) is 2. The van der Waals surface area contributed by atoms with E-state index in [0.29, 0.717) is 18.7 Å². The van der Waals surface area contributed by atoms with Crippen molar-refractivity contribution >= 4 is 17.5 Å². The van der Waals surface area contributed by atoms with Crippen molar-refractivity contribution in [2.24, 2.45) is 5.73 Å². The number of carbonyl (C=O) groups is 2. The second-order valence-corrected chi connectivity index (χ2v) is 4.52. The highest BCUT2D eigenvalue weighted by molar-refractivity contribution is 5.83. The molecule has 0 aromatic heterocycles. The predicted octanol–water partition coefficient (Wildman–Crippen LogP) is 1.27. The molecule has 0 saturated carbocycles. The van der Waals surface area contributed by atoms with Crippen molar-refractivity contribution in [2.75, 3.05) is 12.3 Å². The summed E-state index contributed by atoms with van der Waals surface area (Å²) in [6.07, 6.45) is 2.17. The molecule has 4 N–H and O–H groups in total. The molecule has 0 aliphatic rings. The summed E-state index contributed by atoms with van der Waals surface area (Å²) in [5.41, 5.74) is 12.5. The number of hydrogen-bond donors (Lipinski definition) is 2. The van der Waals surface area contributed by atoms with E-state index in [0.717, 1.165) is 18.4 Å². The van der Waals surface area contributed by atoms with Gasteiger partial charge in [-0.3, -0.25) is 9.59 Å². The molecule has 0 fully saturated rings. The highest BCUT2D eigenvalue weighted by Gasteiger charge is 2.16. The fraction of sp³-hybridized carbons (Fsp3) is 0.429. The van der Waals surface area contributed by atoms with E-state index in [9.17, 15) is 9.59 Å². The highest BCUT2D eigenvalue weighted by atomic mass is 16.2. The number of carbonyl (C=O) groups excluding carboxylic acids is 2. The maximum Gasteiger partial charge on any atom is 0.237 e. The van der Waals surface area contributed by atoms with Crippen molar-refractivity contribution in [1.82, 2.24) is 4.90 Å². The van der Waals surface area contributed by atoms with Crippen molar-refractivity contribution in [3.05, 3.63) is 29.8 Å². The van der Waals surface area contributed by atoms with Gasteiger partial charge in [-0.2, -0.15) is 0 Å². The number of primary amides is 1. The molecule has 0 saturated heterocycles. The zero-order valence-corrected chi connectivity index (χ0v) is 11.3. The average molecular weight is 263 g/mol. The maximum absolute atomic E-state index is 12.0. The van der Waals surface area contributed by atoms with Crippen LogP contribution in [0.3, 0.4) is 0 Å². The Morgan fingerprint density at radius 2 is 1.95 bits per heavy atom. The van der Waals surface area contributed by atoms with Gasteiger partial charge >= 0.3 is 0 Å². The Bertz CT molecular complexity index is 446. The lowest BCUT2D eigenvalue weighted by atomic mass is 10.1. The first kappa shape index (κ1) is 15.0. The first-order valence-electron chi connectivity index (χ1n) is 6.44. The Labute approximate surface area is 113 Å². The molecule has 0 aliphatic heterocycles. The van der Waals surface area contributed by atoms with Crippen molar-refractivity contribution in [3.63, 3.8) is 0 Å². The molecule has 1 rings (SSSR count). The largest absolute Gasteiger partial charge is 0.398 e. The zero-order chi connectivity index (χ0) is 14.3. The average Bonchev–Trinajstić information content (AvgIpc) is 2.37. The summed E-state index contributed by atoms with van der Waals surface area (Å²) in [4.78, 5) is 24.6. The molecular weight excluding hydrogens is 242 g/mol. The van der Waals surface area contributed by atoms with Gasteiger partial charge in [-0.1, -0.05) is 31.5 Å². The molecule has 104 valence electrons. The standard InChI is InChI=1S/C14H21N3O2/c1-2-3-8-14(19)17(10-13(16)18)9-11-6-4-5-7-12(11)15/h4-7H,2-3,8-10,15H2,1H3,(H2,16,18). The topological polar surface area (TPSA) is 89.4 Å². The predicted molar refractivity (Wildman–Crippen MR) is 75.0 cm³/mol. The second-order valence-electron chi connectivity index (χ2n) is 4.52. The lowest BCUT2D eigenvalue weighted by Gasteiger charge is -2.22. The molecule has 5 heteroatoms. The maximum atomic E-state index is 12.0. The van der Waals surface area contributed by atoms with Crippen LogP contribution in [0.25, 0.3) is 0 Å². The molecule has 1 aromatic rings. The van der Waals surface area contributed by atoms with Crippen LogP contribution in [0, 0.1) is 0 Å². The Kier molecular flexibility index (Phi) is 5.85. The van der Waals surface area contributed by atoms with Crippen LogP contribution in [0.4, 0.5) is 5.69 Å². The van der Waals surface area contributed by atoms with Gasteiger partial charge in [0, 0.05) is 18.7 Å². The van der Waals surface area contributed by atoms with Gasteiger partial charge in [-0.05, 0) is 18.1 Å². The van der Waals surface area contributed by atoms with Crippen LogP contribution >= 0.6 is 0 Å². The van der Waals surface area contributed by atoms with E-state index in [1.807, 2.05) is 25.1 Å². The van der Waals surface area contributed by atoms with Crippen molar-refractivity contribution < 1.29 is 9.59 Å². The lowest BCUT2D eigenvalue weighted by Crippen LogP contribution is -2.38. The van der Waals surface area contributed by atoms with Gasteiger partial charge in [-0.25, -0.2) is 0 Å². The summed E-state index contributed by atoms with van der Waals surface area (Å²) in [7, 11) is 0. The van der Waals surface area contributed by atoms with Gasteiger partial charge < -0.3 is 16.4 Å². The monoisotopic (exact) mass is 263 g/mol. The molecule has 1 aromatic carbocycles. The SMILES string of the molecule is CCCCC(=O)N(CC(N)=O)Cc1ccccc1N. The summed E-state index contributed by atoms with van der Waals surface area (Å²) in [5.74, 6) is -0.580. The molecule has 0 atom stereocenters. The minimum Gasteiger partial charge on any atom is -0.398 e. The summed E-state index contributed by atoms with van der Waals surface area (Å²) in [6, 6.07) is 7.30. The van der Waals surface area contributed by atoms with Gasteiger partial charge in [0.05, 0.1) is 6.54 Å². The summed E-state index contributed by atoms with van der Waals surface area (Å²) >= 11 is 0. The number of nitrogens with zero attached hydrogens (tertiary/aromatic N) is 1. The van der Waals surface area contributed by atoms with E-state index >= 15 is 0 Å². The Hall–Kier alpha value is -2.04. The van der Waals surface area contributed by atoms with Crippen LogP contribution in [0.15, 0.2) is 24.3 Å². The van der Waals surface area contributed by atoms with E-state index in [1.165, 1.54) is 4.90 Å². The molecule has 0 aliphatic carbocycles. The molecule has 0 radical (unpaired) electrons. The van der Waals surface area contributed by atoms with Crippen LogP contribution in [-0.2, 0) is 16.1 Å². The van der Waals surface area contributed by atoms with E-state index in [-0.39, 0.29) is 12.5 Å². The number of unbranched alkanes of at least 4 members (excludes halogenated alkanes) is 1. The number of hydrogen-bond acceptors (Lipinski definition) is 3. The normalized spacial score (nSPS) is 10.2. The summed E-state index contributed by atoms with van der Waals surface area (Å²) in [5, 5.41) is 0. The molecule has 5 nitrogen and oxygen atoms in total.